The molecule has 2 rings (SSSR count). The van der Waals surface area contributed by atoms with E-state index in [9.17, 15) is 8.42 Å². The maximum absolute atomic E-state index is 11.4. The minimum absolute atomic E-state index is 0.135. The molecule has 0 amide bonds. The maximum atomic E-state index is 11.4. The highest BCUT2D eigenvalue weighted by Gasteiger charge is 2.18. The first-order valence-electron chi connectivity index (χ1n) is 4.39. The number of halogens is 1. The van der Waals surface area contributed by atoms with Gasteiger partial charge in [-0.15, -0.1) is 10.2 Å². The van der Waals surface area contributed by atoms with Gasteiger partial charge in [0.05, 0.1) is 7.11 Å². The van der Waals surface area contributed by atoms with Crippen LogP contribution in [-0.2, 0) is 9.05 Å². The Kier molecular flexibility index (Phi) is 2.99. The lowest BCUT2D eigenvalue weighted by Gasteiger charge is -2.06. The van der Waals surface area contributed by atoms with E-state index in [1.807, 2.05) is 0 Å². The van der Waals surface area contributed by atoms with Gasteiger partial charge in [-0.2, -0.15) is 5.21 Å². The fourth-order valence-electron chi connectivity index (χ4n) is 1.29. The summed E-state index contributed by atoms with van der Waals surface area (Å²) < 4.78 is 27.6. The Morgan fingerprint density at radius 3 is 2.71 bits per heavy atom. The molecule has 1 aromatic heterocycles. The number of methoxy groups -OCH3 is 1. The Morgan fingerprint density at radius 2 is 2.18 bits per heavy atom. The highest BCUT2D eigenvalue weighted by atomic mass is 35.7. The molecule has 0 spiro atoms. The molecule has 0 aliphatic rings. The van der Waals surface area contributed by atoms with Crippen molar-refractivity contribution in [3.05, 3.63) is 18.2 Å². The van der Waals surface area contributed by atoms with Gasteiger partial charge < -0.3 is 4.74 Å². The molecule has 0 saturated carbocycles. The first-order chi connectivity index (χ1) is 8.02. The average molecular weight is 275 g/mol. The highest BCUT2D eigenvalue weighted by Crippen LogP contribution is 2.30. The smallest absolute Gasteiger partial charge is 0.265 e. The molecule has 1 N–H and O–H groups in total. The lowest BCUT2D eigenvalue weighted by molar-refractivity contribution is 0.403. The summed E-state index contributed by atoms with van der Waals surface area (Å²) in [5.41, 5.74) is 0.471. The topological polar surface area (TPSA) is 97.8 Å². The Balaban J connectivity index is 2.61. The van der Waals surface area contributed by atoms with Gasteiger partial charge in [0.1, 0.15) is 10.6 Å². The van der Waals surface area contributed by atoms with Crippen LogP contribution in [0.15, 0.2) is 23.1 Å². The summed E-state index contributed by atoms with van der Waals surface area (Å²) in [4.78, 5) is -0.135. The molecule has 1 heterocycles. The zero-order valence-corrected chi connectivity index (χ0v) is 10.2. The molecule has 7 nitrogen and oxygen atoms in total. The number of benzene rings is 1. The lowest BCUT2D eigenvalue weighted by Crippen LogP contribution is -1.97. The Bertz CT molecular complexity index is 626. The van der Waals surface area contributed by atoms with Crippen LogP contribution in [0, 0.1) is 0 Å². The van der Waals surface area contributed by atoms with E-state index in [1.165, 1.54) is 19.2 Å². The van der Waals surface area contributed by atoms with Crippen LogP contribution in [0.1, 0.15) is 0 Å². The quantitative estimate of drug-likeness (QED) is 0.832. The van der Waals surface area contributed by atoms with Crippen molar-refractivity contribution in [1.29, 1.82) is 0 Å². The second kappa shape index (κ2) is 4.30. The zero-order chi connectivity index (χ0) is 12.5. The van der Waals surface area contributed by atoms with E-state index in [-0.39, 0.29) is 16.5 Å². The number of tetrazole rings is 1. The number of nitrogens with one attached hydrogen (secondary N) is 1. The molecule has 2 aromatic rings. The van der Waals surface area contributed by atoms with Gasteiger partial charge in [0.2, 0.25) is 5.82 Å². The van der Waals surface area contributed by atoms with Crippen molar-refractivity contribution >= 4 is 19.7 Å². The third-order valence-electron chi connectivity index (χ3n) is 2.03. The van der Waals surface area contributed by atoms with Gasteiger partial charge in [-0.3, -0.25) is 0 Å². The van der Waals surface area contributed by atoms with Gasteiger partial charge in [-0.1, -0.05) is 0 Å². The molecule has 9 heteroatoms. The van der Waals surface area contributed by atoms with E-state index >= 15 is 0 Å². The summed E-state index contributed by atoms with van der Waals surface area (Å²) in [5.74, 6) is 0.432. The Labute approximate surface area is 101 Å². The fourth-order valence-corrected chi connectivity index (χ4v) is 2.31. The predicted octanol–water partition coefficient (Wildman–Crippen LogP) is 0.803. The molecule has 0 fully saturated rings. The minimum atomic E-state index is -3.90. The summed E-state index contributed by atoms with van der Waals surface area (Å²) in [6.45, 7) is 0. The summed E-state index contributed by atoms with van der Waals surface area (Å²) in [5, 5.41) is 13.1. The normalized spacial score (nSPS) is 11.4. The van der Waals surface area contributed by atoms with Crippen LogP contribution in [-0.4, -0.2) is 36.2 Å². The van der Waals surface area contributed by atoms with Gasteiger partial charge in [0, 0.05) is 16.2 Å². The highest BCUT2D eigenvalue weighted by molar-refractivity contribution is 8.13. The number of nitrogens with zero attached hydrogens (tertiary/aromatic N) is 3. The molecule has 0 unspecified atom stereocenters. The first kappa shape index (κ1) is 11.8. The largest absolute Gasteiger partial charge is 0.495 e. The number of ether oxygens (including phenoxy) is 1. The van der Waals surface area contributed by atoms with Crippen LogP contribution in [0.2, 0.25) is 0 Å². The van der Waals surface area contributed by atoms with E-state index in [4.69, 9.17) is 15.4 Å². The second-order valence-electron chi connectivity index (χ2n) is 3.04. The van der Waals surface area contributed by atoms with E-state index in [0.29, 0.717) is 5.56 Å². The molecular formula is C8H7ClN4O3S. The van der Waals surface area contributed by atoms with E-state index in [2.05, 4.69) is 20.6 Å². The SMILES string of the molecule is COc1ccc(-c2nn[nH]n2)cc1S(=O)(=O)Cl. The molecule has 0 bridgehead atoms. The van der Waals surface area contributed by atoms with Crippen molar-refractivity contribution in [3.8, 4) is 17.1 Å². The van der Waals surface area contributed by atoms with Gasteiger partial charge in [0.25, 0.3) is 9.05 Å². The molecular weight excluding hydrogens is 268 g/mol. The average Bonchev–Trinajstić information content (AvgIpc) is 2.80. The number of hydrogen-bond donors (Lipinski definition) is 1. The molecule has 0 radical (unpaired) electrons. The summed E-state index contributed by atoms with van der Waals surface area (Å²) in [6, 6.07) is 4.40. The van der Waals surface area contributed by atoms with Crippen molar-refractivity contribution in [2.24, 2.45) is 0 Å². The lowest BCUT2D eigenvalue weighted by atomic mass is 10.2. The third kappa shape index (κ3) is 2.37. The number of rotatable bonds is 3. The van der Waals surface area contributed by atoms with E-state index < -0.39 is 9.05 Å². The van der Waals surface area contributed by atoms with Crippen LogP contribution in [0.25, 0.3) is 11.4 Å². The number of aromatic amines is 1. The van der Waals surface area contributed by atoms with E-state index in [1.54, 1.807) is 6.07 Å². The summed E-state index contributed by atoms with van der Waals surface area (Å²) in [7, 11) is 2.76. The van der Waals surface area contributed by atoms with Crippen LogP contribution >= 0.6 is 10.7 Å². The van der Waals surface area contributed by atoms with Crippen LogP contribution < -0.4 is 4.74 Å². The summed E-state index contributed by atoms with van der Waals surface area (Å²) in [6.07, 6.45) is 0. The molecule has 0 atom stereocenters. The second-order valence-corrected chi connectivity index (χ2v) is 5.57. The molecule has 0 saturated heterocycles. The number of aromatic nitrogens is 4. The molecule has 17 heavy (non-hydrogen) atoms. The fraction of sp³-hybridized carbons (Fsp3) is 0.125. The van der Waals surface area contributed by atoms with Gasteiger partial charge in [-0.25, -0.2) is 8.42 Å². The van der Waals surface area contributed by atoms with Crippen LogP contribution in [0.3, 0.4) is 0 Å². The molecule has 0 aliphatic heterocycles. The molecule has 90 valence electrons. The van der Waals surface area contributed by atoms with Gasteiger partial charge in [0.15, 0.2) is 0 Å². The maximum Gasteiger partial charge on any atom is 0.265 e. The third-order valence-corrected chi connectivity index (χ3v) is 3.37. The van der Waals surface area contributed by atoms with Crippen LogP contribution in [0.5, 0.6) is 5.75 Å². The van der Waals surface area contributed by atoms with Crippen molar-refractivity contribution in [2.45, 2.75) is 4.90 Å². The molecule has 0 aliphatic carbocycles. The Hall–Kier alpha value is -1.67. The molecule has 1 aromatic carbocycles. The van der Waals surface area contributed by atoms with E-state index in [0.717, 1.165) is 0 Å². The predicted molar refractivity (Wildman–Crippen MR) is 59.2 cm³/mol. The van der Waals surface area contributed by atoms with Crippen molar-refractivity contribution in [2.75, 3.05) is 7.11 Å². The van der Waals surface area contributed by atoms with Crippen LogP contribution in [0.4, 0.5) is 0 Å². The number of hydrogen-bond acceptors (Lipinski definition) is 6. The first-order valence-corrected chi connectivity index (χ1v) is 6.70. The van der Waals surface area contributed by atoms with Gasteiger partial charge in [-0.05, 0) is 23.4 Å². The Morgan fingerprint density at radius 1 is 1.41 bits per heavy atom. The monoisotopic (exact) mass is 274 g/mol. The van der Waals surface area contributed by atoms with Crippen molar-refractivity contribution in [1.82, 2.24) is 20.6 Å². The van der Waals surface area contributed by atoms with Crippen molar-refractivity contribution in [3.63, 3.8) is 0 Å². The van der Waals surface area contributed by atoms with Gasteiger partial charge >= 0.3 is 0 Å². The van der Waals surface area contributed by atoms with Crippen molar-refractivity contribution < 1.29 is 13.2 Å². The minimum Gasteiger partial charge on any atom is -0.495 e. The zero-order valence-electron chi connectivity index (χ0n) is 8.58. The summed E-state index contributed by atoms with van der Waals surface area (Å²) >= 11 is 0. The number of H-pyrrole nitrogens is 1. The standard InChI is InChI=1S/C8H7ClN4O3S/c1-16-6-3-2-5(8-10-12-13-11-8)4-7(6)17(9,14)15/h2-4H,1H3,(H,10,11,12,13).